The fourth-order valence-electron chi connectivity index (χ4n) is 5.38. The van der Waals surface area contributed by atoms with Crippen molar-refractivity contribution in [2.45, 2.75) is 55.9 Å². The second-order valence-corrected chi connectivity index (χ2v) is 12.7. The van der Waals surface area contributed by atoms with E-state index in [1.165, 1.54) is 24.3 Å². The Morgan fingerprint density at radius 1 is 1.04 bits per heavy atom. The highest BCUT2D eigenvalue weighted by Crippen LogP contribution is 2.36. The molecule has 5 rings (SSSR count). The molecule has 1 aliphatic rings. The number of sulfone groups is 1. The number of hydrogen-bond donors (Lipinski definition) is 1. The average molecular weight is 630 g/mol. The molecular weight excluding hydrogens is 594 g/mol. The molecule has 0 spiro atoms. The zero-order chi connectivity index (χ0) is 31.8. The number of carbonyl (C=O) groups excluding carboxylic acids is 3. The summed E-state index contributed by atoms with van der Waals surface area (Å²) in [5.74, 6) is -1.00. The van der Waals surface area contributed by atoms with Gasteiger partial charge in [0.25, 0.3) is 5.91 Å². The zero-order valence-electron chi connectivity index (χ0n) is 25.0. The lowest BCUT2D eigenvalue weighted by atomic mass is 9.87. The molecule has 1 N–H and O–H groups in total. The molecule has 0 radical (unpaired) electrons. The van der Waals surface area contributed by atoms with Gasteiger partial charge < -0.3 is 19.4 Å². The van der Waals surface area contributed by atoms with Gasteiger partial charge in [0, 0.05) is 42.0 Å². The summed E-state index contributed by atoms with van der Waals surface area (Å²) in [7, 11) is -4.00. The van der Waals surface area contributed by atoms with Crippen LogP contribution in [0.5, 0.6) is 5.75 Å². The van der Waals surface area contributed by atoms with Gasteiger partial charge in [0.2, 0.25) is 0 Å². The summed E-state index contributed by atoms with van der Waals surface area (Å²) in [6.45, 7) is 2.43. The predicted octanol–water partition coefficient (Wildman–Crippen LogP) is 4.88. The van der Waals surface area contributed by atoms with E-state index in [0.717, 1.165) is 5.56 Å². The SMILES string of the molecule is CCOC(=O)CCNC(=O)c1cccc(S(=O)(=O)Cc2c(O[C@H](Cn3ccnc3)c3ccccc3)ccc3c2CCCC3=O)c1. The molecule has 10 nitrogen and oxygen atoms in total. The van der Waals surface area contributed by atoms with E-state index in [2.05, 4.69) is 10.3 Å². The van der Waals surface area contributed by atoms with Crippen molar-refractivity contribution in [2.24, 2.45) is 0 Å². The first-order valence-corrected chi connectivity index (χ1v) is 16.5. The smallest absolute Gasteiger partial charge is 0.307 e. The highest BCUT2D eigenvalue weighted by molar-refractivity contribution is 7.90. The molecule has 0 saturated heterocycles. The molecular formula is C34H35N3O7S. The second-order valence-electron chi connectivity index (χ2n) is 10.7. The Balaban J connectivity index is 1.45. The number of rotatable bonds is 13. The van der Waals surface area contributed by atoms with Crippen LogP contribution in [0, 0.1) is 0 Å². The number of fused-ring (bicyclic) bond motifs is 1. The van der Waals surface area contributed by atoms with Gasteiger partial charge in [-0.2, -0.15) is 0 Å². The molecule has 1 heterocycles. The Morgan fingerprint density at radius 2 is 1.87 bits per heavy atom. The van der Waals surface area contributed by atoms with Crippen LogP contribution in [0.2, 0.25) is 0 Å². The van der Waals surface area contributed by atoms with Gasteiger partial charge in [0.1, 0.15) is 11.9 Å². The number of hydrogen-bond acceptors (Lipinski definition) is 8. The van der Waals surface area contributed by atoms with Crippen molar-refractivity contribution < 1.29 is 32.3 Å². The van der Waals surface area contributed by atoms with Crippen molar-refractivity contribution >= 4 is 27.5 Å². The fraction of sp³-hybridized carbons (Fsp3) is 0.294. The summed E-state index contributed by atoms with van der Waals surface area (Å²) in [6, 6.07) is 18.8. The monoisotopic (exact) mass is 629 g/mol. The molecule has 0 fully saturated rings. The van der Waals surface area contributed by atoms with Crippen LogP contribution in [0.1, 0.15) is 69.7 Å². The van der Waals surface area contributed by atoms with Gasteiger partial charge in [0.15, 0.2) is 15.6 Å². The Kier molecular flexibility index (Phi) is 10.1. The third-order valence-electron chi connectivity index (χ3n) is 7.61. The number of ether oxygens (including phenoxy) is 2. The molecule has 234 valence electrons. The first kappa shape index (κ1) is 31.6. The Bertz CT molecular complexity index is 1770. The molecule has 0 saturated carbocycles. The number of carbonyl (C=O) groups is 3. The van der Waals surface area contributed by atoms with E-state index in [9.17, 15) is 22.8 Å². The molecule has 1 atom stereocenters. The number of Topliss-reactive ketones (excluding diaryl/α,β-unsaturated/α-hetero) is 1. The minimum Gasteiger partial charge on any atom is -0.484 e. The number of amides is 1. The first-order chi connectivity index (χ1) is 21.7. The third-order valence-corrected chi connectivity index (χ3v) is 9.25. The number of nitrogens with one attached hydrogen (secondary N) is 1. The second kappa shape index (κ2) is 14.3. The predicted molar refractivity (Wildman–Crippen MR) is 167 cm³/mol. The van der Waals surface area contributed by atoms with Crippen LogP contribution in [-0.2, 0) is 38.1 Å². The van der Waals surface area contributed by atoms with Gasteiger partial charge in [-0.1, -0.05) is 36.4 Å². The molecule has 45 heavy (non-hydrogen) atoms. The summed E-state index contributed by atoms with van der Waals surface area (Å²) >= 11 is 0. The summed E-state index contributed by atoms with van der Waals surface area (Å²) in [6.07, 6.45) is 6.29. The van der Waals surface area contributed by atoms with Crippen LogP contribution in [-0.4, -0.2) is 48.8 Å². The number of ketones is 1. The van der Waals surface area contributed by atoms with E-state index in [1.54, 1.807) is 31.6 Å². The van der Waals surface area contributed by atoms with Crippen LogP contribution in [0.4, 0.5) is 0 Å². The van der Waals surface area contributed by atoms with E-state index >= 15 is 0 Å². The molecule has 1 aliphatic carbocycles. The van der Waals surface area contributed by atoms with Gasteiger partial charge in [-0.3, -0.25) is 14.4 Å². The Hall–Kier alpha value is -4.77. The van der Waals surface area contributed by atoms with E-state index in [-0.39, 0.29) is 35.8 Å². The molecule has 4 aromatic rings. The molecule has 3 aromatic carbocycles. The minimum atomic E-state index is -4.00. The minimum absolute atomic E-state index is 0.00298. The van der Waals surface area contributed by atoms with Crippen LogP contribution >= 0.6 is 0 Å². The lowest BCUT2D eigenvalue weighted by Gasteiger charge is -2.26. The van der Waals surface area contributed by atoms with Gasteiger partial charge in [0.05, 0.1) is 36.5 Å². The molecule has 11 heteroatoms. The third kappa shape index (κ3) is 7.85. The number of nitrogens with zero attached hydrogens (tertiary/aromatic N) is 2. The molecule has 1 amide bonds. The van der Waals surface area contributed by atoms with Gasteiger partial charge >= 0.3 is 5.97 Å². The van der Waals surface area contributed by atoms with Crippen molar-refractivity contribution in [3.8, 4) is 5.75 Å². The lowest BCUT2D eigenvalue weighted by Crippen LogP contribution is -2.26. The number of imidazole rings is 1. The van der Waals surface area contributed by atoms with E-state index in [1.807, 2.05) is 41.1 Å². The number of aromatic nitrogens is 2. The highest BCUT2D eigenvalue weighted by atomic mass is 32.2. The topological polar surface area (TPSA) is 134 Å². The van der Waals surface area contributed by atoms with Gasteiger partial charge in [-0.05, 0) is 61.2 Å². The van der Waals surface area contributed by atoms with Crippen LogP contribution in [0.3, 0.4) is 0 Å². The first-order valence-electron chi connectivity index (χ1n) is 14.9. The van der Waals surface area contributed by atoms with Crippen molar-refractivity contribution in [1.29, 1.82) is 0 Å². The summed E-state index contributed by atoms with van der Waals surface area (Å²) in [4.78, 5) is 41.3. The maximum absolute atomic E-state index is 13.9. The van der Waals surface area contributed by atoms with E-state index in [0.29, 0.717) is 48.2 Å². The maximum Gasteiger partial charge on any atom is 0.307 e. The molecule has 0 unspecified atom stereocenters. The standard InChI is InChI=1S/C34H35N3O7S/c1-2-43-33(39)16-17-36-34(40)25-10-6-11-26(20-25)45(41,42)22-29-27-12-7-13-30(38)28(27)14-15-31(29)44-32(21-37-19-18-35-23-37)24-8-4-3-5-9-24/h3-6,8-11,14-15,18-20,23,32H,2,7,12-13,16-17,21-22H2,1H3,(H,36,40)/t32-/m1/s1. The van der Waals surface area contributed by atoms with Crippen molar-refractivity contribution in [2.75, 3.05) is 13.2 Å². The quantitative estimate of drug-likeness (QED) is 0.207. The van der Waals surface area contributed by atoms with Crippen LogP contribution in [0.25, 0.3) is 0 Å². The molecule has 0 bridgehead atoms. The van der Waals surface area contributed by atoms with Crippen LogP contribution in [0.15, 0.2) is 90.3 Å². The summed E-state index contributed by atoms with van der Waals surface area (Å²) in [5.41, 5.74) is 2.67. The van der Waals surface area contributed by atoms with Gasteiger partial charge in [-0.15, -0.1) is 0 Å². The Morgan fingerprint density at radius 3 is 2.62 bits per heavy atom. The van der Waals surface area contributed by atoms with E-state index in [4.69, 9.17) is 9.47 Å². The molecule has 0 aliphatic heterocycles. The summed E-state index contributed by atoms with van der Waals surface area (Å²) < 4.78 is 41.2. The zero-order valence-corrected chi connectivity index (χ0v) is 25.8. The van der Waals surface area contributed by atoms with Crippen molar-refractivity contribution in [3.05, 3.63) is 113 Å². The average Bonchev–Trinajstić information content (AvgIpc) is 3.56. The van der Waals surface area contributed by atoms with Gasteiger partial charge in [-0.25, -0.2) is 13.4 Å². The van der Waals surface area contributed by atoms with E-state index < -0.39 is 33.6 Å². The normalized spacial score (nSPS) is 13.5. The van der Waals surface area contributed by atoms with Crippen molar-refractivity contribution in [1.82, 2.24) is 14.9 Å². The van der Waals surface area contributed by atoms with Crippen molar-refractivity contribution in [3.63, 3.8) is 0 Å². The molecule has 1 aromatic heterocycles. The van der Waals surface area contributed by atoms with Crippen LogP contribution < -0.4 is 10.1 Å². The summed E-state index contributed by atoms with van der Waals surface area (Å²) in [5, 5.41) is 2.63. The maximum atomic E-state index is 13.9. The largest absolute Gasteiger partial charge is 0.484 e. The number of benzene rings is 3. The Labute approximate surface area is 262 Å². The highest BCUT2D eigenvalue weighted by Gasteiger charge is 2.28. The number of esters is 1. The fourth-order valence-corrected chi connectivity index (χ4v) is 6.84. The lowest BCUT2D eigenvalue weighted by molar-refractivity contribution is -0.142.